The summed E-state index contributed by atoms with van der Waals surface area (Å²) >= 11 is 5.54. The molecule has 0 radical (unpaired) electrons. The lowest BCUT2D eigenvalue weighted by Crippen LogP contribution is -2.01. The monoisotopic (exact) mass is 240 g/mol. The number of aliphatic hydroxyl groups excluding tert-OH is 1. The molecule has 0 aromatic heterocycles. The summed E-state index contributed by atoms with van der Waals surface area (Å²) in [6.45, 7) is 2.05. The Hall–Kier alpha value is -1.04. The summed E-state index contributed by atoms with van der Waals surface area (Å²) in [6.07, 6.45) is 1.97. The zero-order valence-corrected chi connectivity index (χ0v) is 9.89. The molecule has 1 aromatic carbocycles. The zero-order valence-electron chi connectivity index (χ0n) is 9.13. The van der Waals surface area contributed by atoms with Crippen LogP contribution in [0.3, 0.4) is 0 Å². The predicted octanol–water partition coefficient (Wildman–Crippen LogP) is 3.38. The maximum absolute atomic E-state index is 13.0. The van der Waals surface area contributed by atoms with Crippen molar-refractivity contribution in [3.63, 3.8) is 0 Å². The highest BCUT2D eigenvalue weighted by Crippen LogP contribution is 2.14. The molecule has 1 aromatic rings. The van der Waals surface area contributed by atoms with Crippen LogP contribution in [0.25, 0.3) is 0 Å². The van der Waals surface area contributed by atoms with Crippen molar-refractivity contribution in [3.8, 4) is 11.8 Å². The number of halogens is 2. The first-order valence-electron chi connectivity index (χ1n) is 5.28. The standard InChI is InChI=1S/C13H14ClFO/c1-2-3-4-11(16)7-5-10-6-8-12(14)13(15)9-10/h6,8-9,11,16H,2-4H2,1H3. The van der Waals surface area contributed by atoms with Gasteiger partial charge in [-0.3, -0.25) is 0 Å². The van der Waals surface area contributed by atoms with Crippen LogP contribution < -0.4 is 0 Å². The number of hydrogen-bond acceptors (Lipinski definition) is 1. The van der Waals surface area contributed by atoms with Crippen molar-refractivity contribution in [1.82, 2.24) is 0 Å². The molecule has 0 spiro atoms. The third-order valence-electron chi connectivity index (χ3n) is 2.13. The summed E-state index contributed by atoms with van der Waals surface area (Å²) in [4.78, 5) is 0. The Balaban J connectivity index is 2.65. The van der Waals surface area contributed by atoms with Crippen molar-refractivity contribution in [1.29, 1.82) is 0 Å². The van der Waals surface area contributed by atoms with E-state index in [0.717, 1.165) is 12.8 Å². The van der Waals surface area contributed by atoms with E-state index in [0.29, 0.717) is 12.0 Å². The lowest BCUT2D eigenvalue weighted by Gasteiger charge is -2.00. The van der Waals surface area contributed by atoms with Gasteiger partial charge in [0.1, 0.15) is 11.9 Å². The SMILES string of the molecule is CCCCC(O)C#Cc1ccc(Cl)c(F)c1. The molecule has 0 bridgehead atoms. The maximum Gasteiger partial charge on any atom is 0.143 e. The second-order valence-electron chi connectivity index (χ2n) is 3.56. The number of aliphatic hydroxyl groups is 1. The molecule has 1 rings (SSSR count). The maximum atomic E-state index is 13.0. The highest BCUT2D eigenvalue weighted by Gasteiger charge is 2.00. The van der Waals surface area contributed by atoms with E-state index in [-0.39, 0.29) is 5.02 Å². The number of hydrogen-bond donors (Lipinski definition) is 1. The van der Waals surface area contributed by atoms with Crippen molar-refractivity contribution in [2.75, 3.05) is 0 Å². The van der Waals surface area contributed by atoms with Crippen LogP contribution in [0.4, 0.5) is 4.39 Å². The molecule has 0 aliphatic heterocycles. The summed E-state index contributed by atoms with van der Waals surface area (Å²) < 4.78 is 13.0. The molecular formula is C13H14ClFO. The van der Waals surface area contributed by atoms with E-state index in [2.05, 4.69) is 18.8 Å². The van der Waals surface area contributed by atoms with Gasteiger partial charge in [0, 0.05) is 5.56 Å². The van der Waals surface area contributed by atoms with Crippen LogP contribution in [0.1, 0.15) is 31.7 Å². The quantitative estimate of drug-likeness (QED) is 0.803. The van der Waals surface area contributed by atoms with Crippen molar-refractivity contribution >= 4 is 11.6 Å². The van der Waals surface area contributed by atoms with Gasteiger partial charge in [-0.25, -0.2) is 4.39 Å². The molecule has 0 saturated carbocycles. The summed E-state index contributed by atoms with van der Waals surface area (Å²) in [7, 11) is 0. The predicted molar refractivity (Wildman–Crippen MR) is 63.8 cm³/mol. The number of unbranched alkanes of at least 4 members (excludes halogenated alkanes) is 1. The van der Waals surface area contributed by atoms with Crippen LogP contribution in [0.15, 0.2) is 18.2 Å². The van der Waals surface area contributed by atoms with Gasteiger partial charge in [-0.15, -0.1) is 0 Å². The Bertz CT molecular complexity index is 406. The van der Waals surface area contributed by atoms with Crippen molar-refractivity contribution in [2.24, 2.45) is 0 Å². The van der Waals surface area contributed by atoms with Crippen molar-refractivity contribution in [3.05, 3.63) is 34.6 Å². The second kappa shape index (κ2) is 6.52. The number of rotatable bonds is 3. The first-order chi connectivity index (χ1) is 7.63. The second-order valence-corrected chi connectivity index (χ2v) is 3.96. The number of benzene rings is 1. The van der Waals surface area contributed by atoms with Crippen LogP contribution in [-0.2, 0) is 0 Å². The topological polar surface area (TPSA) is 20.2 Å². The Morgan fingerprint density at radius 3 is 2.88 bits per heavy atom. The largest absolute Gasteiger partial charge is 0.380 e. The highest BCUT2D eigenvalue weighted by molar-refractivity contribution is 6.30. The van der Waals surface area contributed by atoms with E-state index in [1.165, 1.54) is 12.1 Å². The first-order valence-corrected chi connectivity index (χ1v) is 5.66. The minimum absolute atomic E-state index is 0.0806. The average Bonchev–Trinajstić information content (AvgIpc) is 2.28. The smallest absolute Gasteiger partial charge is 0.143 e. The normalized spacial score (nSPS) is 11.8. The molecule has 0 saturated heterocycles. The molecule has 1 N–H and O–H groups in total. The average molecular weight is 241 g/mol. The molecule has 1 unspecified atom stereocenters. The van der Waals surface area contributed by atoms with E-state index in [4.69, 9.17) is 11.6 Å². The Morgan fingerprint density at radius 1 is 1.50 bits per heavy atom. The van der Waals surface area contributed by atoms with E-state index in [9.17, 15) is 9.50 Å². The van der Waals surface area contributed by atoms with Gasteiger partial charge in [-0.1, -0.05) is 43.2 Å². The molecule has 1 atom stereocenters. The summed E-state index contributed by atoms with van der Waals surface area (Å²) in [6, 6.07) is 4.35. The molecule has 1 nitrogen and oxygen atoms in total. The molecule has 86 valence electrons. The van der Waals surface area contributed by atoms with E-state index >= 15 is 0 Å². The third kappa shape index (κ3) is 4.22. The Kier molecular flexibility index (Phi) is 5.31. The fourth-order valence-corrected chi connectivity index (χ4v) is 1.33. The van der Waals surface area contributed by atoms with Crippen LogP contribution in [0.2, 0.25) is 5.02 Å². The lowest BCUT2D eigenvalue weighted by molar-refractivity contribution is 0.218. The molecular weight excluding hydrogens is 227 g/mol. The van der Waals surface area contributed by atoms with Crippen LogP contribution in [0, 0.1) is 17.7 Å². The fourth-order valence-electron chi connectivity index (χ4n) is 1.21. The molecule has 3 heteroatoms. The van der Waals surface area contributed by atoms with Gasteiger partial charge in [-0.05, 0) is 24.6 Å². The Morgan fingerprint density at radius 2 is 2.25 bits per heavy atom. The minimum Gasteiger partial charge on any atom is -0.380 e. The van der Waals surface area contributed by atoms with Crippen LogP contribution in [-0.4, -0.2) is 11.2 Å². The lowest BCUT2D eigenvalue weighted by atomic mass is 10.1. The highest BCUT2D eigenvalue weighted by atomic mass is 35.5. The Labute approximate surface area is 100 Å². The van der Waals surface area contributed by atoms with Gasteiger partial charge in [0.05, 0.1) is 5.02 Å². The summed E-state index contributed by atoms with van der Waals surface area (Å²) in [5.41, 5.74) is 0.525. The first kappa shape index (κ1) is 13.0. The molecule has 0 amide bonds. The van der Waals surface area contributed by atoms with Gasteiger partial charge in [-0.2, -0.15) is 0 Å². The third-order valence-corrected chi connectivity index (χ3v) is 2.44. The van der Waals surface area contributed by atoms with Gasteiger partial charge in [0.15, 0.2) is 0 Å². The fraction of sp³-hybridized carbons (Fsp3) is 0.385. The molecule has 0 heterocycles. The van der Waals surface area contributed by atoms with E-state index < -0.39 is 11.9 Å². The minimum atomic E-state index is -0.640. The summed E-state index contributed by atoms with van der Waals surface area (Å²) in [5, 5.41) is 9.55. The van der Waals surface area contributed by atoms with E-state index in [1.807, 2.05) is 0 Å². The van der Waals surface area contributed by atoms with Crippen molar-refractivity contribution in [2.45, 2.75) is 32.3 Å². The van der Waals surface area contributed by atoms with E-state index in [1.54, 1.807) is 6.07 Å². The van der Waals surface area contributed by atoms with Crippen LogP contribution in [0.5, 0.6) is 0 Å². The van der Waals surface area contributed by atoms with Gasteiger partial charge < -0.3 is 5.11 Å². The zero-order chi connectivity index (χ0) is 12.0. The summed E-state index contributed by atoms with van der Waals surface area (Å²) in [5.74, 6) is 4.91. The van der Waals surface area contributed by atoms with Gasteiger partial charge in [0.2, 0.25) is 0 Å². The van der Waals surface area contributed by atoms with Gasteiger partial charge >= 0.3 is 0 Å². The van der Waals surface area contributed by atoms with Crippen molar-refractivity contribution < 1.29 is 9.50 Å². The van der Waals surface area contributed by atoms with Gasteiger partial charge in [0.25, 0.3) is 0 Å². The molecule has 0 aliphatic carbocycles. The molecule has 0 aliphatic rings. The molecule has 16 heavy (non-hydrogen) atoms. The molecule has 0 fully saturated rings. The van der Waals surface area contributed by atoms with Crippen LogP contribution >= 0.6 is 11.6 Å².